The Morgan fingerprint density at radius 3 is 2.33 bits per heavy atom. The minimum atomic E-state index is -0.932. The van der Waals surface area contributed by atoms with Gasteiger partial charge in [-0.3, -0.25) is 4.79 Å². The van der Waals surface area contributed by atoms with Crippen LogP contribution in [0.3, 0.4) is 0 Å². The van der Waals surface area contributed by atoms with Gasteiger partial charge in [-0.25, -0.2) is 4.79 Å². The summed E-state index contributed by atoms with van der Waals surface area (Å²) in [5, 5.41) is 11.7. The molecular formula is C19H21NO3S. The standard InChI is InChI=1S/C19H21NO3S/c1-2-17(24-16-6-4-3-5-7-16)18(21)20-13-12-14-8-10-15(11-9-14)19(22)23/h3-11,17H,2,12-13H2,1H3,(H,20,21)(H,22,23). The van der Waals surface area contributed by atoms with Crippen molar-refractivity contribution in [2.75, 3.05) is 6.54 Å². The van der Waals surface area contributed by atoms with E-state index in [4.69, 9.17) is 5.11 Å². The highest BCUT2D eigenvalue weighted by molar-refractivity contribution is 8.00. The van der Waals surface area contributed by atoms with Crippen LogP contribution in [0, 0.1) is 0 Å². The Hall–Kier alpha value is -2.27. The van der Waals surface area contributed by atoms with E-state index < -0.39 is 5.97 Å². The van der Waals surface area contributed by atoms with Crippen LogP contribution in [0.1, 0.15) is 29.3 Å². The van der Waals surface area contributed by atoms with Crippen LogP contribution in [-0.4, -0.2) is 28.8 Å². The third-order valence-corrected chi connectivity index (χ3v) is 4.97. The van der Waals surface area contributed by atoms with Crippen LogP contribution >= 0.6 is 11.8 Å². The molecule has 0 aliphatic heterocycles. The highest BCUT2D eigenvalue weighted by Crippen LogP contribution is 2.25. The van der Waals surface area contributed by atoms with Crippen LogP contribution in [-0.2, 0) is 11.2 Å². The Kier molecular flexibility index (Phi) is 6.88. The molecule has 0 bridgehead atoms. The largest absolute Gasteiger partial charge is 0.478 e. The zero-order valence-corrected chi connectivity index (χ0v) is 14.4. The van der Waals surface area contributed by atoms with Gasteiger partial charge in [-0.05, 0) is 42.7 Å². The van der Waals surface area contributed by atoms with Crippen molar-refractivity contribution in [2.24, 2.45) is 0 Å². The molecule has 2 aromatic rings. The molecule has 5 heteroatoms. The van der Waals surface area contributed by atoms with Crippen molar-refractivity contribution in [3.8, 4) is 0 Å². The summed E-state index contributed by atoms with van der Waals surface area (Å²) in [6.07, 6.45) is 1.44. The number of amides is 1. The monoisotopic (exact) mass is 343 g/mol. The summed E-state index contributed by atoms with van der Waals surface area (Å²) in [4.78, 5) is 24.2. The number of rotatable bonds is 8. The number of carboxylic acids is 1. The van der Waals surface area contributed by atoms with E-state index in [1.54, 1.807) is 36.0 Å². The summed E-state index contributed by atoms with van der Waals surface area (Å²) in [6, 6.07) is 16.6. The van der Waals surface area contributed by atoms with E-state index in [-0.39, 0.29) is 16.7 Å². The molecule has 24 heavy (non-hydrogen) atoms. The number of nitrogens with one attached hydrogen (secondary N) is 1. The topological polar surface area (TPSA) is 66.4 Å². The first kappa shape index (κ1) is 18.1. The number of carbonyl (C=O) groups is 2. The third kappa shape index (κ3) is 5.42. The number of hydrogen-bond acceptors (Lipinski definition) is 3. The number of benzene rings is 2. The molecule has 2 rings (SSSR count). The van der Waals surface area contributed by atoms with Gasteiger partial charge in [0, 0.05) is 11.4 Å². The van der Waals surface area contributed by atoms with Crippen LogP contribution in [0.15, 0.2) is 59.5 Å². The van der Waals surface area contributed by atoms with Gasteiger partial charge in [0.25, 0.3) is 0 Å². The molecule has 0 saturated heterocycles. The predicted molar refractivity (Wildman–Crippen MR) is 96.5 cm³/mol. The molecule has 1 atom stereocenters. The van der Waals surface area contributed by atoms with E-state index in [0.717, 1.165) is 16.9 Å². The van der Waals surface area contributed by atoms with Crippen LogP contribution in [0.4, 0.5) is 0 Å². The van der Waals surface area contributed by atoms with Crippen molar-refractivity contribution in [1.82, 2.24) is 5.32 Å². The molecule has 1 unspecified atom stereocenters. The number of hydrogen-bond donors (Lipinski definition) is 2. The van der Waals surface area contributed by atoms with Crippen molar-refractivity contribution in [3.05, 3.63) is 65.7 Å². The first-order valence-corrected chi connectivity index (χ1v) is 8.79. The Morgan fingerprint density at radius 1 is 1.08 bits per heavy atom. The molecule has 1 amide bonds. The summed E-state index contributed by atoms with van der Waals surface area (Å²) in [5.74, 6) is -0.896. The van der Waals surface area contributed by atoms with E-state index in [1.165, 1.54) is 0 Å². The second-order valence-electron chi connectivity index (χ2n) is 5.37. The summed E-state index contributed by atoms with van der Waals surface area (Å²) >= 11 is 1.57. The Labute approximate surface area is 146 Å². The Bertz CT molecular complexity index is 671. The molecule has 0 fully saturated rings. The smallest absolute Gasteiger partial charge is 0.335 e. The lowest BCUT2D eigenvalue weighted by Crippen LogP contribution is -2.33. The van der Waals surface area contributed by atoms with Gasteiger partial charge < -0.3 is 10.4 Å². The Balaban J connectivity index is 1.81. The molecule has 0 aromatic heterocycles. The van der Waals surface area contributed by atoms with Gasteiger partial charge in [0.1, 0.15) is 0 Å². The van der Waals surface area contributed by atoms with E-state index in [9.17, 15) is 9.59 Å². The fourth-order valence-corrected chi connectivity index (χ4v) is 3.24. The minimum absolute atomic E-state index is 0.0357. The third-order valence-electron chi connectivity index (χ3n) is 3.60. The maximum absolute atomic E-state index is 12.3. The summed E-state index contributed by atoms with van der Waals surface area (Å²) in [7, 11) is 0. The average molecular weight is 343 g/mol. The Morgan fingerprint density at radius 2 is 1.75 bits per heavy atom. The normalized spacial score (nSPS) is 11.7. The number of aromatic carboxylic acids is 1. The fourth-order valence-electron chi connectivity index (χ4n) is 2.24. The van der Waals surface area contributed by atoms with Crippen LogP contribution in [0.25, 0.3) is 0 Å². The maximum Gasteiger partial charge on any atom is 0.335 e. The van der Waals surface area contributed by atoms with E-state index >= 15 is 0 Å². The summed E-state index contributed by atoms with van der Waals surface area (Å²) < 4.78 is 0. The molecule has 4 nitrogen and oxygen atoms in total. The lowest BCUT2D eigenvalue weighted by Gasteiger charge is -2.14. The first-order valence-electron chi connectivity index (χ1n) is 7.91. The van der Waals surface area contributed by atoms with Crippen LogP contribution in [0.5, 0.6) is 0 Å². The van der Waals surface area contributed by atoms with Crippen molar-refractivity contribution < 1.29 is 14.7 Å². The first-order chi connectivity index (χ1) is 11.6. The van der Waals surface area contributed by atoms with Gasteiger partial charge in [0.15, 0.2) is 0 Å². The molecule has 0 aliphatic rings. The SMILES string of the molecule is CCC(Sc1ccccc1)C(=O)NCCc1ccc(C(=O)O)cc1. The molecule has 0 radical (unpaired) electrons. The van der Waals surface area contributed by atoms with Crippen molar-refractivity contribution >= 4 is 23.6 Å². The molecule has 2 aromatic carbocycles. The molecule has 0 aliphatic carbocycles. The minimum Gasteiger partial charge on any atom is -0.478 e. The van der Waals surface area contributed by atoms with Crippen molar-refractivity contribution in [1.29, 1.82) is 0 Å². The zero-order valence-electron chi connectivity index (χ0n) is 13.6. The van der Waals surface area contributed by atoms with Crippen molar-refractivity contribution in [3.63, 3.8) is 0 Å². The average Bonchev–Trinajstić information content (AvgIpc) is 2.61. The summed E-state index contributed by atoms with van der Waals surface area (Å²) in [6.45, 7) is 2.54. The number of carboxylic acid groups (broad SMARTS) is 1. The highest BCUT2D eigenvalue weighted by Gasteiger charge is 2.17. The van der Waals surface area contributed by atoms with Gasteiger partial charge in [-0.15, -0.1) is 11.8 Å². The molecular weight excluding hydrogens is 322 g/mol. The molecule has 0 saturated carbocycles. The second kappa shape index (κ2) is 9.13. The highest BCUT2D eigenvalue weighted by atomic mass is 32.2. The van der Waals surface area contributed by atoms with E-state index in [1.807, 2.05) is 37.3 Å². The molecule has 2 N–H and O–H groups in total. The zero-order chi connectivity index (χ0) is 17.4. The van der Waals surface area contributed by atoms with Gasteiger partial charge >= 0.3 is 5.97 Å². The fraction of sp³-hybridized carbons (Fsp3) is 0.263. The molecule has 0 heterocycles. The van der Waals surface area contributed by atoms with E-state index in [2.05, 4.69) is 5.32 Å². The lowest BCUT2D eigenvalue weighted by molar-refractivity contribution is -0.120. The van der Waals surface area contributed by atoms with Gasteiger partial charge in [0.2, 0.25) is 5.91 Å². The van der Waals surface area contributed by atoms with Crippen LogP contribution < -0.4 is 5.32 Å². The van der Waals surface area contributed by atoms with Crippen LogP contribution in [0.2, 0.25) is 0 Å². The summed E-state index contributed by atoms with van der Waals surface area (Å²) in [5.41, 5.74) is 1.28. The number of carbonyl (C=O) groups excluding carboxylic acids is 1. The van der Waals surface area contributed by atoms with Gasteiger partial charge in [-0.2, -0.15) is 0 Å². The molecule has 0 spiro atoms. The molecule has 126 valence electrons. The lowest BCUT2D eigenvalue weighted by atomic mass is 10.1. The van der Waals surface area contributed by atoms with Gasteiger partial charge in [-0.1, -0.05) is 37.3 Å². The van der Waals surface area contributed by atoms with Crippen molar-refractivity contribution in [2.45, 2.75) is 29.9 Å². The number of thioether (sulfide) groups is 1. The van der Waals surface area contributed by atoms with Gasteiger partial charge in [0.05, 0.1) is 10.8 Å². The van der Waals surface area contributed by atoms with E-state index in [0.29, 0.717) is 13.0 Å². The predicted octanol–water partition coefficient (Wildman–Crippen LogP) is 3.61. The maximum atomic E-state index is 12.3. The second-order valence-corrected chi connectivity index (χ2v) is 6.65. The quantitative estimate of drug-likeness (QED) is 0.719.